The van der Waals surface area contributed by atoms with E-state index in [1.165, 1.54) is 0 Å². The van der Waals surface area contributed by atoms with E-state index >= 15 is 0 Å². The molecule has 138 valence electrons. The number of nitrogens with one attached hydrogen (secondary N) is 1. The summed E-state index contributed by atoms with van der Waals surface area (Å²) in [6, 6.07) is 19.5. The third kappa shape index (κ3) is 4.94. The van der Waals surface area contributed by atoms with E-state index < -0.39 is 0 Å². The Labute approximate surface area is 167 Å². The van der Waals surface area contributed by atoms with Gasteiger partial charge in [-0.05, 0) is 48.5 Å². The number of amides is 1. The molecule has 0 aliphatic rings. The van der Waals surface area contributed by atoms with Gasteiger partial charge in [0.25, 0.3) is 5.91 Å². The molecule has 0 spiro atoms. The van der Waals surface area contributed by atoms with Gasteiger partial charge in [-0.2, -0.15) is 0 Å². The highest BCUT2D eigenvalue weighted by atomic mass is 35.5. The number of methoxy groups -OCH3 is 1. The maximum Gasteiger partial charge on any atom is 0.255 e. The highest BCUT2D eigenvalue weighted by molar-refractivity contribution is 6.35. The van der Waals surface area contributed by atoms with Crippen LogP contribution in [0.25, 0.3) is 0 Å². The van der Waals surface area contributed by atoms with Crippen molar-refractivity contribution in [2.24, 2.45) is 0 Å². The molecule has 4 nitrogen and oxygen atoms in total. The van der Waals surface area contributed by atoms with Gasteiger partial charge in [-0.3, -0.25) is 4.79 Å². The summed E-state index contributed by atoms with van der Waals surface area (Å²) >= 11 is 12.1. The SMILES string of the molecule is COc1ccc(C(=O)Nc2cc(Cl)ccc2Cl)cc1COc1ccccc1. The average molecular weight is 402 g/mol. The average Bonchev–Trinajstić information content (AvgIpc) is 2.69. The zero-order valence-corrected chi connectivity index (χ0v) is 16.1. The minimum absolute atomic E-state index is 0.270. The van der Waals surface area contributed by atoms with Crippen molar-refractivity contribution >= 4 is 34.8 Å². The monoisotopic (exact) mass is 401 g/mol. The van der Waals surface area contributed by atoms with Crippen LogP contribution < -0.4 is 14.8 Å². The molecule has 0 aliphatic carbocycles. The summed E-state index contributed by atoms with van der Waals surface area (Å²) < 4.78 is 11.1. The van der Waals surface area contributed by atoms with E-state index in [4.69, 9.17) is 32.7 Å². The molecule has 0 aromatic heterocycles. The van der Waals surface area contributed by atoms with E-state index in [1.54, 1.807) is 43.5 Å². The molecular formula is C21H17Cl2NO3. The van der Waals surface area contributed by atoms with Crippen molar-refractivity contribution in [3.8, 4) is 11.5 Å². The fraction of sp³-hybridized carbons (Fsp3) is 0.0952. The van der Waals surface area contributed by atoms with E-state index in [1.807, 2.05) is 30.3 Å². The normalized spacial score (nSPS) is 10.3. The lowest BCUT2D eigenvalue weighted by Crippen LogP contribution is -2.13. The van der Waals surface area contributed by atoms with Crippen LogP contribution in [-0.4, -0.2) is 13.0 Å². The first-order chi connectivity index (χ1) is 13.1. The summed E-state index contributed by atoms with van der Waals surface area (Å²) in [4.78, 5) is 12.6. The van der Waals surface area contributed by atoms with Gasteiger partial charge >= 0.3 is 0 Å². The number of carbonyl (C=O) groups is 1. The molecule has 0 saturated heterocycles. The summed E-state index contributed by atoms with van der Waals surface area (Å²) in [6.07, 6.45) is 0. The number of halogens is 2. The molecule has 0 unspecified atom stereocenters. The van der Waals surface area contributed by atoms with Crippen molar-refractivity contribution in [1.82, 2.24) is 0 Å². The third-order valence-corrected chi connectivity index (χ3v) is 4.42. The molecule has 0 saturated carbocycles. The summed E-state index contributed by atoms with van der Waals surface area (Å²) in [5.41, 5.74) is 1.66. The molecule has 0 heterocycles. The highest BCUT2D eigenvalue weighted by Gasteiger charge is 2.13. The zero-order valence-electron chi connectivity index (χ0n) is 14.5. The van der Waals surface area contributed by atoms with Crippen molar-refractivity contribution in [1.29, 1.82) is 0 Å². The number of para-hydroxylation sites is 1. The molecule has 27 heavy (non-hydrogen) atoms. The number of rotatable bonds is 6. The Morgan fingerprint density at radius 3 is 2.52 bits per heavy atom. The molecule has 3 aromatic carbocycles. The van der Waals surface area contributed by atoms with Gasteiger partial charge in [-0.1, -0.05) is 41.4 Å². The zero-order chi connectivity index (χ0) is 19.2. The molecule has 3 rings (SSSR count). The number of hydrogen-bond acceptors (Lipinski definition) is 3. The van der Waals surface area contributed by atoms with Crippen LogP contribution >= 0.6 is 23.2 Å². The molecule has 3 aromatic rings. The quantitative estimate of drug-likeness (QED) is 0.564. The minimum atomic E-state index is -0.303. The van der Waals surface area contributed by atoms with Crippen molar-refractivity contribution in [3.63, 3.8) is 0 Å². The van der Waals surface area contributed by atoms with Crippen LogP contribution in [0.1, 0.15) is 15.9 Å². The fourth-order valence-electron chi connectivity index (χ4n) is 2.50. The van der Waals surface area contributed by atoms with Gasteiger partial charge < -0.3 is 14.8 Å². The smallest absolute Gasteiger partial charge is 0.255 e. The number of carbonyl (C=O) groups excluding carboxylic acids is 1. The second kappa shape index (κ2) is 8.80. The van der Waals surface area contributed by atoms with Gasteiger partial charge in [0.05, 0.1) is 17.8 Å². The van der Waals surface area contributed by atoms with Gasteiger partial charge in [-0.25, -0.2) is 0 Å². The molecule has 1 amide bonds. The number of benzene rings is 3. The van der Waals surface area contributed by atoms with Crippen molar-refractivity contribution < 1.29 is 14.3 Å². The number of anilines is 1. The molecule has 0 radical (unpaired) electrons. The standard InChI is InChI=1S/C21H17Cl2NO3/c1-26-20-10-7-14(11-15(20)13-27-17-5-3-2-4-6-17)21(25)24-19-12-16(22)8-9-18(19)23/h2-12H,13H2,1H3,(H,24,25). The second-order valence-corrected chi connectivity index (χ2v) is 6.55. The lowest BCUT2D eigenvalue weighted by atomic mass is 10.1. The van der Waals surface area contributed by atoms with Crippen LogP contribution in [0.5, 0.6) is 11.5 Å². The summed E-state index contributed by atoms with van der Waals surface area (Å²) in [7, 11) is 1.58. The number of hydrogen-bond donors (Lipinski definition) is 1. The Morgan fingerprint density at radius 1 is 1.00 bits per heavy atom. The summed E-state index contributed by atoms with van der Waals surface area (Å²) in [5, 5.41) is 3.67. The van der Waals surface area contributed by atoms with Crippen LogP contribution in [0.4, 0.5) is 5.69 Å². The Hall–Kier alpha value is -2.69. The fourth-order valence-corrected chi connectivity index (χ4v) is 2.84. The highest BCUT2D eigenvalue weighted by Crippen LogP contribution is 2.27. The van der Waals surface area contributed by atoms with E-state index in [-0.39, 0.29) is 12.5 Å². The van der Waals surface area contributed by atoms with Crippen LogP contribution in [0, 0.1) is 0 Å². The molecule has 6 heteroatoms. The van der Waals surface area contributed by atoms with E-state index in [0.717, 1.165) is 11.3 Å². The van der Waals surface area contributed by atoms with Crippen LogP contribution in [0.2, 0.25) is 10.0 Å². The maximum atomic E-state index is 12.6. The summed E-state index contributed by atoms with van der Waals surface area (Å²) in [5.74, 6) is 1.08. The Kier molecular flexibility index (Phi) is 6.22. The van der Waals surface area contributed by atoms with Gasteiger partial charge in [0.15, 0.2) is 0 Å². The predicted molar refractivity (Wildman–Crippen MR) is 108 cm³/mol. The van der Waals surface area contributed by atoms with E-state index in [9.17, 15) is 4.79 Å². The van der Waals surface area contributed by atoms with E-state index in [0.29, 0.717) is 27.0 Å². The van der Waals surface area contributed by atoms with Crippen molar-refractivity contribution in [2.75, 3.05) is 12.4 Å². The molecule has 1 N–H and O–H groups in total. The first-order valence-corrected chi connectivity index (χ1v) is 8.93. The third-order valence-electron chi connectivity index (χ3n) is 3.86. The molecule has 0 bridgehead atoms. The Balaban J connectivity index is 1.79. The minimum Gasteiger partial charge on any atom is -0.496 e. The van der Waals surface area contributed by atoms with Gasteiger partial charge in [0.2, 0.25) is 0 Å². The molecule has 0 atom stereocenters. The Morgan fingerprint density at radius 2 is 1.78 bits per heavy atom. The van der Waals surface area contributed by atoms with Gasteiger partial charge in [0, 0.05) is 16.1 Å². The van der Waals surface area contributed by atoms with Crippen molar-refractivity contribution in [3.05, 3.63) is 87.9 Å². The largest absolute Gasteiger partial charge is 0.496 e. The van der Waals surface area contributed by atoms with Crippen LogP contribution in [0.15, 0.2) is 66.7 Å². The Bertz CT molecular complexity index is 945. The van der Waals surface area contributed by atoms with E-state index in [2.05, 4.69) is 5.32 Å². The van der Waals surface area contributed by atoms with Gasteiger partial charge in [-0.15, -0.1) is 0 Å². The first-order valence-electron chi connectivity index (χ1n) is 8.18. The molecular weight excluding hydrogens is 385 g/mol. The summed E-state index contributed by atoms with van der Waals surface area (Å²) in [6.45, 7) is 0.270. The van der Waals surface area contributed by atoms with Gasteiger partial charge in [0.1, 0.15) is 18.1 Å². The van der Waals surface area contributed by atoms with Crippen molar-refractivity contribution in [2.45, 2.75) is 6.61 Å². The van der Waals surface area contributed by atoms with Crippen LogP contribution in [0.3, 0.4) is 0 Å². The maximum absolute atomic E-state index is 12.6. The molecule has 0 fully saturated rings. The first kappa shape index (κ1) is 19.1. The second-order valence-electron chi connectivity index (χ2n) is 5.71. The topological polar surface area (TPSA) is 47.6 Å². The predicted octanol–water partition coefficient (Wildman–Crippen LogP) is 5.83. The molecule has 0 aliphatic heterocycles. The van der Waals surface area contributed by atoms with Crippen LogP contribution in [-0.2, 0) is 6.61 Å². The lowest BCUT2D eigenvalue weighted by molar-refractivity contribution is 0.102. The number of ether oxygens (including phenoxy) is 2. The lowest BCUT2D eigenvalue weighted by Gasteiger charge is -2.13.